The van der Waals surface area contributed by atoms with Crippen molar-refractivity contribution >= 4 is 11.9 Å². The molecule has 0 bridgehead atoms. The van der Waals surface area contributed by atoms with Crippen LogP contribution in [0.2, 0.25) is 0 Å². The quantitative estimate of drug-likeness (QED) is 0.792. The van der Waals surface area contributed by atoms with Crippen molar-refractivity contribution < 1.29 is 19.0 Å². The highest BCUT2D eigenvalue weighted by Crippen LogP contribution is 2.39. The van der Waals surface area contributed by atoms with Gasteiger partial charge in [-0.3, -0.25) is 0 Å². The molecule has 2 rings (SSSR count). The molecule has 0 aliphatic carbocycles. The average Bonchev–Trinajstić information content (AvgIpc) is 2.85. The highest BCUT2D eigenvalue weighted by atomic mass is 16.6. The maximum Gasteiger partial charge on any atom is 0.368 e. The van der Waals surface area contributed by atoms with Gasteiger partial charge < -0.3 is 14.2 Å². The molecule has 6 nitrogen and oxygen atoms in total. The van der Waals surface area contributed by atoms with Gasteiger partial charge >= 0.3 is 11.6 Å². The predicted molar refractivity (Wildman–Crippen MR) is 74.9 cm³/mol. The molecule has 1 aliphatic heterocycles. The Morgan fingerprint density at radius 3 is 2.67 bits per heavy atom. The van der Waals surface area contributed by atoms with Crippen LogP contribution in [0.15, 0.2) is 29.3 Å². The molecule has 0 saturated carbocycles. The summed E-state index contributed by atoms with van der Waals surface area (Å²) in [5, 5.41) is 9.49. The molecular formula is C15H16N2O4. The minimum Gasteiger partial charge on any atom is -0.497 e. The van der Waals surface area contributed by atoms with E-state index in [2.05, 4.69) is 4.99 Å². The fraction of sp³-hybridized carbons (Fsp3) is 0.400. The molecule has 1 heterocycles. The normalized spacial score (nSPS) is 23.7. The van der Waals surface area contributed by atoms with Crippen LogP contribution in [0.5, 0.6) is 5.75 Å². The van der Waals surface area contributed by atoms with Crippen LogP contribution in [0.3, 0.4) is 0 Å². The highest BCUT2D eigenvalue weighted by molar-refractivity contribution is 5.91. The smallest absolute Gasteiger partial charge is 0.368 e. The summed E-state index contributed by atoms with van der Waals surface area (Å²) in [6.45, 7) is 3.45. The molecule has 6 heteroatoms. The molecule has 21 heavy (non-hydrogen) atoms. The van der Waals surface area contributed by atoms with Crippen LogP contribution in [0.25, 0.3) is 0 Å². The Labute approximate surface area is 123 Å². The van der Waals surface area contributed by atoms with Crippen LogP contribution in [-0.2, 0) is 14.3 Å². The Hall–Kier alpha value is -2.55. The van der Waals surface area contributed by atoms with Gasteiger partial charge in [-0.15, -0.1) is 0 Å². The number of nitriles is 1. The van der Waals surface area contributed by atoms with Gasteiger partial charge in [0.05, 0.1) is 13.7 Å². The maximum atomic E-state index is 12.2. The molecule has 2 unspecified atom stereocenters. The Morgan fingerprint density at radius 1 is 1.48 bits per heavy atom. The zero-order valence-corrected chi connectivity index (χ0v) is 12.1. The van der Waals surface area contributed by atoms with E-state index in [-0.39, 0.29) is 12.5 Å². The summed E-state index contributed by atoms with van der Waals surface area (Å²) in [6.07, 6.45) is 0. The topological polar surface area (TPSA) is 80.9 Å². The van der Waals surface area contributed by atoms with E-state index >= 15 is 0 Å². The van der Waals surface area contributed by atoms with Crippen molar-refractivity contribution in [1.82, 2.24) is 0 Å². The second kappa shape index (κ2) is 5.83. The van der Waals surface area contributed by atoms with Crippen LogP contribution in [0, 0.1) is 11.3 Å². The fourth-order valence-corrected chi connectivity index (χ4v) is 2.20. The van der Waals surface area contributed by atoms with Gasteiger partial charge in [-0.1, -0.05) is 12.1 Å². The number of rotatable bonds is 4. The monoisotopic (exact) mass is 288 g/mol. The molecule has 0 N–H and O–H groups in total. The van der Waals surface area contributed by atoms with Crippen LogP contribution in [0.4, 0.5) is 0 Å². The number of hydrogen-bond acceptors (Lipinski definition) is 6. The van der Waals surface area contributed by atoms with E-state index in [0.717, 1.165) is 0 Å². The number of esters is 1. The van der Waals surface area contributed by atoms with Crippen molar-refractivity contribution in [2.45, 2.75) is 25.5 Å². The molecule has 1 aromatic rings. The molecule has 0 fully saturated rings. The number of nitrogens with zero attached hydrogens (tertiary/aromatic N) is 2. The van der Waals surface area contributed by atoms with E-state index in [1.807, 2.05) is 6.07 Å². The van der Waals surface area contributed by atoms with Crippen molar-refractivity contribution in [3.05, 3.63) is 29.8 Å². The average molecular weight is 288 g/mol. The largest absolute Gasteiger partial charge is 0.497 e. The van der Waals surface area contributed by atoms with Crippen LogP contribution in [-0.4, -0.2) is 31.2 Å². The molecule has 0 amide bonds. The van der Waals surface area contributed by atoms with Crippen molar-refractivity contribution in [1.29, 1.82) is 5.26 Å². The first-order valence-corrected chi connectivity index (χ1v) is 6.53. The minimum atomic E-state index is -1.77. The van der Waals surface area contributed by atoms with Gasteiger partial charge in [0.2, 0.25) is 0 Å². The van der Waals surface area contributed by atoms with E-state index in [9.17, 15) is 10.1 Å². The third-order valence-electron chi connectivity index (χ3n) is 3.18. The number of carbonyl (C=O) groups is 1. The lowest BCUT2D eigenvalue weighted by Crippen LogP contribution is -2.44. The molecule has 0 saturated heterocycles. The number of ether oxygens (including phenoxy) is 3. The summed E-state index contributed by atoms with van der Waals surface area (Å²) in [4.78, 5) is 16.5. The lowest BCUT2D eigenvalue weighted by atomic mass is 9.90. The van der Waals surface area contributed by atoms with Gasteiger partial charge in [0.25, 0.3) is 0 Å². The fourth-order valence-electron chi connectivity index (χ4n) is 2.20. The van der Waals surface area contributed by atoms with E-state index in [0.29, 0.717) is 11.3 Å². The summed E-state index contributed by atoms with van der Waals surface area (Å²) in [5.74, 6) is 0.233. The van der Waals surface area contributed by atoms with E-state index in [4.69, 9.17) is 14.2 Å². The maximum absolute atomic E-state index is 12.2. The number of aliphatic imine (C=N–C) groups is 1. The molecule has 1 aliphatic rings. The zero-order chi connectivity index (χ0) is 15.5. The Morgan fingerprint density at radius 2 is 2.14 bits per heavy atom. The number of carbonyl (C=O) groups excluding carboxylic acids is 1. The lowest BCUT2D eigenvalue weighted by molar-refractivity contribution is -0.158. The van der Waals surface area contributed by atoms with Crippen molar-refractivity contribution in [2.24, 2.45) is 4.99 Å². The van der Waals surface area contributed by atoms with Gasteiger partial charge in [0.1, 0.15) is 17.9 Å². The molecule has 2 atom stereocenters. The highest BCUT2D eigenvalue weighted by Gasteiger charge is 2.55. The van der Waals surface area contributed by atoms with Gasteiger partial charge in [-0.2, -0.15) is 5.26 Å². The van der Waals surface area contributed by atoms with Crippen molar-refractivity contribution in [3.8, 4) is 11.8 Å². The number of methoxy groups -OCH3 is 1. The predicted octanol–water partition coefficient (Wildman–Crippen LogP) is 2.01. The summed E-state index contributed by atoms with van der Waals surface area (Å²) in [7, 11) is 1.56. The van der Waals surface area contributed by atoms with Crippen LogP contribution in [0.1, 0.15) is 25.5 Å². The van der Waals surface area contributed by atoms with Crippen LogP contribution < -0.4 is 4.74 Å². The first kappa shape index (κ1) is 14.9. The number of hydrogen-bond donors (Lipinski definition) is 0. The lowest BCUT2D eigenvalue weighted by Gasteiger charge is -2.24. The van der Waals surface area contributed by atoms with Crippen LogP contribution >= 0.6 is 0 Å². The molecular weight excluding hydrogens is 272 g/mol. The second-order valence-corrected chi connectivity index (χ2v) is 4.49. The van der Waals surface area contributed by atoms with E-state index < -0.39 is 17.6 Å². The van der Waals surface area contributed by atoms with E-state index in [1.165, 1.54) is 0 Å². The molecule has 0 spiro atoms. The summed E-state index contributed by atoms with van der Waals surface area (Å²) in [5.41, 5.74) is -1.09. The molecule has 0 aromatic heterocycles. The first-order chi connectivity index (χ1) is 10.1. The second-order valence-electron chi connectivity index (χ2n) is 4.49. The zero-order valence-electron chi connectivity index (χ0n) is 12.1. The van der Waals surface area contributed by atoms with Gasteiger partial charge in [0.15, 0.2) is 5.90 Å². The molecule has 1 aromatic carbocycles. The Balaban J connectivity index is 2.42. The van der Waals surface area contributed by atoms with Crippen molar-refractivity contribution in [3.63, 3.8) is 0 Å². The van der Waals surface area contributed by atoms with Gasteiger partial charge in [0, 0.05) is 6.92 Å². The molecule has 110 valence electrons. The summed E-state index contributed by atoms with van der Waals surface area (Å²) in [6, 6.07) is 8.15. The Kier molecular flexibility index (Phi) is 4.13. The first-order valence-electron chi connectivity index (χ1n) is 6.53. The minimum absolute atomic E-state index is 0.167. The molecule has 0 radical (unpaired) electrons. The van der Waals surface area contributed by atoms with Gasteiger partial charge in [-0.05, 0) is 24.6 Å². The third-order valence-corrected chi connectivity index (χ3v) is 3.18. The summed E-state index contributed by atoms with van der Waals surface area (Å²) < 4.78 is 15.5. The summed E-state index contributed by atoms with van der Waals surface area (Å²) >= 11 is 0. The third kappa shape index (κ3) is 2.55. The van der Waals surface area contributed by atoms with Gasteiger partial charge in [-0.25, -0.2) is 9.79 Å². The Bertz CT molecular complexity index is 603. The SMILES string of the molecule is CCOC(=O)C1(C#N)OC(C)=NC1c1ccc(OC)cc1. The van der Waals surface area contributed by atoms with Crippen molar-refractivity contribution in [2.75, 3.05) is 13.7 Å². The number of benzene rings is 1. The van der Waals surface area contributed by atoms with E-state index in [1.54, 1.807) is 45.2 Å². The standard InChI is InChI=1S/C15H16N2O4/c1-4-20-14(18)15(9-16)13(17-10(2)21-15)11-5-7-12(19-3)8-6-11/h5-8,13H,4H2,1-3H3.